The number of benzene rings is 1. The number of carbonyl (C=O) groups excluding carboxylic acids is 1. The third-order valence-electron chi connectivity index (χ3n) is 2.38. The first-order valence-electron chi connectivity index (χ1n) is 5.64. The number of hydrogen-bond donors (Lipinski definition) is 1. The average Bonchev–Trinajstić information content (AvgIpc) is 2.90. The van der Waals surface area contributed by atoms with Gasteiger partial charge < -0.3 is 5.32 Å². The van der Waals surface area contributed by atoms with E-state index in [9.17, 15) is 14.9 Å². The lowest BCUT2D eigenvalue weighted by Gasteiger charge is -2.04. The smallest absolute Gasteiger partial charge is 0.321 e. The van der Waals surface area contributed by atoms with E-state index >= 15 is 0 Å². The largest absolute Gasteiger partial charge is 0.324 e. The molecule has 0 radical (unpaired) electrons. The molecule has 1 N–H and O–H groups in total. The van der Waals surface area contributed by atoms with E-state index in [2.05, 4.69) is 5.32 Å². The molecule has 21 heavy (non-hydrogen) atoms. The summed E-state index contributed by atoms with van der Waals surface area (Å²) >= 11 is 12.7. The van der Waals surface area contributed by atoms with Crippen molar-refractivity contribution in [2.24, 2.45) is 0 Å². The van der Waals surface area contributed by atoms with Crippen LogP contribution in [0.4, 0.5) is 10.7 Å². The summed E-state index contributed by atoms with van der Waals surface area (Å²) in [6.45, 7) is 0. The third-order valence-corrected chi connectivity index (χ3v) is 3.94. The standard InChI is InChI=1S/C13H8Cl2N2O3S/c14-8-1-4-10(15)11(7-8)16-12(18)5-2-9-3-6-13(21-9)17(19)20/h1-7H,(H,16,18). The number of nitro groups is 1. The molecule has 0 atom stereocenters. The zero-order valence-corrected chi connectivity index (χ0v) is 12.7. The van der Waals surface area contributed by atoms with Gasteiger partial charge in [-0.05, 0) is 30.3 Å². The maximum absolute atomic E-state index is 11.8. The van der Waals surface area contributed by atoms with Gasteiger partial charge >= 0.3 is 5.00 Å². The maximum atomic E-state index is 11.8. The molecule has 0 aliphatic carbocycles. The number of nitrogens with zero attached hydrogens (tertiary/aromatic N) is 1. The van der Waals surface area contributed by atoms with Crippen molar-refractivity contribution in [3.8, 4) is 0 Å². The molecule has 0 saturated carbocycles. The van der Waals surface area contributed by atoms with Crippen LogP contribution in [0, 0.1) is 10.1 Å². The number of amides is 1. The Balaban J connectivity index is 2.05. The molecule has 1 amide bonds. The molecule has 0 aliphatic rings. The summed E-state index contributed by atoms with van der Waals surface area (Å²) in [7, 11) is 0. The highest BCUT2D eigenvalue weighted by molar-refractivity contribution is 7.16. The highest BCUT2D eigenvalue weighted by atomic mass is 35.5. The molecule has 0 saturated heterocycles. The fourth-order valence-corrected chi connectivity index (χ4v) is 2.52. The van der Waals surface area contributed by atoms with Crippen LogP contribution in [0.25, 0.3) is 6.08 Å². The summed E-state index contributed by atoms with van der Waals surface area (Å²) in [6, 6.07) is 7.67. The Morgan fingerprint density at radius 2 is 2.05 bits per heavy atom. The molecule has 2 rings (SSSR count). The van der Waals surface area contributed by atoms with Gasteiger partial charge in [0.15, 0.2) is 0 Å². The van der Waals surface area contributed by atoms with Gasteiger partial charge in [0.25, 0.3) is 0 Å². The lowest BCUT2D eigenvalue weighted by atomic mass is 10.3. The zero-order valence-electron chi connectivity index (χ0n) is 10.4. The van der Waals surface area contributed by atoms with Gasteiger partial charge in [0.2, 0.25) is 5.91 Å². The van der Waals surface area contributed by atoms with E-state index in [1.807, 2.05) is 0 Å². The first kappa shape index (κ1) is 15.5. The summed E-state index contributed by atoms with van der Waals surface area (Å²) in [5.41, 5.74) is 0.399. The summed E-state index contributed by atoms with van der Waals surface area (Å²) in [4.78, 5) is 22.4. The Kier molecular flexibility index (Phi) is 4.95. The molecular weight excluding hydrogens is 335 g/mol. The number of halogens is 2. The van der Waals surface area contributed by atoms with Gasteiger partial charge in [-0.3, -0.25) is 14.9 Å². The average molecular weight is 343 g/mol. The Morgan fingerprint density at radius 3 is 2.71 bits per heavy atom. The lowest BCUT2D eigenvalue weighted by molar-refractivity contribution is -0.380. The highest BCUT2D eigenvalue weighted by Gasteiger charge is 2.08. The Bertz CT molecular complexity index is 728. The molecule has 0 bridgehead atoms. The molecule has 0 fully saturated rings. The van der Waals surface area contributed by atoms with E-state index in [4.69, 9.17) is 23.2 Å². The van der Waals surface area contributed by atoms with Crippen LogP contribution in [0.2, 0.25) is 10.0 Å². The number of hydrogen-bond acceptors (Lipinski definition) is 4. The molecule has 1 aromatic heterocycles. The van der Waals surface area contributed by atoms with Crippen LogP contribution < -0.4 is 5.32 Å². The molecule has 5 nitrogen and oxygen atoms in total. The zero-order chi connectivity index (χ0) is 15.4. The number of nitrogens with one attached hydrogen (secondary N) is 1. The first-order chi connectivity index (χ1) is 9.95. The summed E-state index contributed by atoms with van der Waals surface area (Å²) < 4.78 is 0. The summed E-state index contributed by atoms with van der Waals surface area (Å²) in [6.07, 6.45) is 2.76. The normalized spacial score (nSPS) is 10.8. The fourth-order valence-electron chi connectivity index (χ4n) is 1.46. The SMILES string of the molecule is O=C(C=Cc1ccc([N+](=O)[O-])s1)Nc1cc(Cl)ccc1Cl. The van der Waals surface area contributed by atoms with Crippen LogP contribution in [0.3, 0.4) is 0 Å². The lowest BCUT2D eigenvalue weighted by Crippen LogP contribution is -2.07. The van der Waals surface area contributed by atoms with E-state index in [1.165, 1.54) is 24.3 Å². The quantitative estimate of drug-likeness (QED) is 0.500. The van der Waals surface area contributed by atoms with Crippen LogP contribution in [-0.4, -0.2) is 10.8 Å². The van der Waals surface area contributed by atoms with Gasteiger partial charge in [0.1, 0.15) is 0 Å². The van der Waals surface area contributed by atoms with E-state index in [1.54, 1.807) is 18.2 Å². The number of anilines is 1. The number of rotatable bonds is 4. The van der Waals surface area contributed by atoms with Crippen molar-refractivity contribution < 1.29 is 9.72 Å². The molecule has 1 aromatic carbocycles. The molecule has 8 heteroatoms. The van der Waals surface area contributed by atoms with Gasteiger partial charge in [-0.25, -0.2) is 0 Å². The summed E-state index contributed by atoms with van der Waals surface area (Å²) in [5, 5.41) is 14.0. The van der Waals surface area contributed by atoms with Gasteiger partial charge in [-0.2, -0.15) is 0 Å². The second-order valence-corrected chi connectivity index (χ2v) is 5.82. The second kappa shape index (κ2) is 6.71. The minimum Gasteiger partial charge on any atom is -0.321 e. The Labute approximate surface area is 134 Å². The Hall–Kier alpha value is -1.89. The van der Waals surface area contributed by atoms with Crippen molar-refractivity contribution in [1.29, 1.82) is 0 Å². The van der Waals surface area contributed by atoms with E-state index in [0.29, 0.717) is 20.6 Å². The monoisotopic (exact) mass is 342 g/mol. The van der Waals surface area contributed by atoms with Crippen LogP contribution in [0.15, 0.2) is 36.4 Å². The van der Waals surface area contributed by atoms with Crippen molar-refractivity contribution in [3.05, 3.63) is 61.4 Å². The molecule has 1 heterocycles. The van der Waals surface area contributed by atoms with E-state index < -0.39 is 10.8 Å². The summed E-state index contributed by atoms with van der Waals surface area (Å²) in [5.74, 6) is -0.407. The van der Waals surface area contributed by atoms with Crippen LogP contribution in [0.5, 0.6) is 0 Å². The first-order valence-corrected chi connectivity index (χ1v) is 7.21. The molecule has 0 spiro atoms. The predicted octanol–water partition coefficient (Wildman–Crippen LogP) is 4.62. The van der Waals surface area contributed by atoms with E-state index in [-0.39, 0.29) is 5.00 Å². The molecular formula is C13H8Cl2N2O3S. The second-order valence-electron chi connectivity index (χ2n) is 3.88. The van der Waals surface area contributed by atoms with Crippen molar-refractivity contribution in [2.45, 2.75) is 0 Å². The van der Waals surface area contributed by atoms with E-state index in [0.717, 1.165) is 11.3 Å². The minimum absolute atomic E-state index is 0.0212. The predicted molar refractivity (Wildman–Crippen MR) is 85.1 cm³/mol. The number of thiophene rings is 1. The highest BCUT2D eigenvalue weighted by Crippen LogP contribution is 2.26. The van der Waals surface area contributed by atoms with Gasteiger partial charge in [-0.1, -0.05) is 34.5 Å². The van der Waals surface area contributed by atoms with Gasteiger partial charge in [0, 0.05) is 22.0 Å². The van der Waals surface area contributed by atoms with Crippen LogP contribution in [0.1, 0.15) is 4.88 Å². The fraction of sp³-hybridized carbons (Fsp3) is 0. The molecule has 0 unspecified atom stereocenters. The van der Waals surface area contributed by atoms with Gasteiger partial charge in [-0.15, -0.1) is 0 Å². The molecule has 0 aliphatic heterocycles. The van der Waals surface area contributed by atoms with Crippen molar-refractivity contribution >= 4 is 57.2 Å². The van der Waals surface area contributed by atoms with Crippen LogP contribution >= 0.6 is 34.5 Å². The minimum atomic E-state index is -0.478. The van der Waals surface area contributed by atoms with Crippen molar-refractivity contribution in [3.63, 3.8) is 0 Å². The number of carbonyl (C=O) groups is 1. The van der Waals surface area contributed by atoms with Gasteiger partial charge in [0.05, 0.1) is 15.6 Å². The molecule has 108 valence electrons. The van der Waals surface area contributed by atoms with Crippen molar-refractivity contribution in [2.75, 3.05) is 5.32 Å². The van der Waals surface area contributed by atoms with Crippen molar-refractivity contribution in [1.82, 2.24) is 0 Å². The van der Waals surface area contributed by atoms with Crippen LogP contribution in [-0.2, 0) is 4.79 Å². The molecule has 2 aromatic rings. The topological polar surface area (TPSA) is 72.2 Å². The third kappa shape index (κ3) is 4.29. The maximum Gasteiger partial charge on any atom is 0.324 e. The Morgan fingerprint density at radius 1 is 1.29 bits per heavy atom.